The van der Waals surface area contributed by atoms with E-state index in [0.717, 1.165) is 25.9 Å². The zero-order valence-corrected chi connectivity index (χ0v) is 12.1. The van der Waals surface area contributed by atoms with Crippen molar-refractivity contribution in [2.45, 2.75) is 19.4 Å². The molecule has 1 saturated heterocycles. The van der Waals surface area contributed by atoms with Crippen LogP contribution < -0.4 is 0 Å². The summed E-state index contributed by atoms with van der Waals surface area (Å²) in [6.45, 7) is 2.11. The van der Waals surface area contributed by atoms with Crippen molar-refractivity contribution >= 4 is 0 Å². The maximum absolute atomic E-state index is 13.7. The molecule has 1 aromatic carbocycles. The third-order valence-corrected chi connectivity index (χ3v) is 4.10. The van der Waals surface area contributed by atoms with E-state index in [4.69, 9.17) is 0 Å². The molecular formula is C16H19F2N3. The van der Waals surface area contributed by atoms with Crippen molar-refractivity contribution in [3.8, 4) is 0 Å². The molecule has 5 heteroatoms. The van der Waals surface area contributed by atoms with E-state index in [2.05, 4.69) is 10.00 Å². The van der Waals surface area contributed by atoms with Gasteiger partial charge in [0.15, 0.2) is 0 Å². The molecular weight excluding hydrogens is 272 g/mol. The highest BCUT2D eigenvalue weighted by molar-refractivity contribution is 5.19. The van der Waals surface area contributed by atoms with Crippen LogP contribution in [0.4, 0.5) is 8.78 Å². The van der Waals surface area contributed by atoms with Crippen LogP contribution in [0.2, 0.25) is 0 Å². The van der Waals surface area contributed by atoms with Gasteiger partial charge >= 0.3 is 0 Å². The monoisotopic (exact) mass is 291 g/mol. The van der Waals surface area contributed by atoms with Crippen LogP contribution in [-0.4, -0.2) is 27.8 Å². The number of aromatic nitrogens is 2. The van der Waals surface area contributed by atoms with Gasteiger partial charge in [0.25, 0.3) is 0 Å². The minimum Gasteiger partial charge on any atom is -0.299 e. The second-order valence-electron chi connectivity index (χ2n) is 5.82. The van der Waals surface area contributed by atoms with Crippen molar-refractivity contribution < 1.29 is 8.78 Å². The molecule has 0 unspecified atom stereocenters. The summed E-state index contributed by atoms with van der Waals surface area (Å²) < 4.78 is 29.1. The summed E-state index contributed by atoms with van der Waals surface area (Å²) in [5, 5.41) is 4.17. The molecule has 1 aliphatic rings. The van der Waals surface area contributed by atoms with E-state index in [0.29, 0.717) is 12.5 Å². The van der Waals surface area contributed by atoms with Crippen LogP contribution in [0.3, 0.4) is 0 Å². The largest absolute Gasteiger partial charge is 0.299 e. The summed E-state index contributed by atoms with van der Waals surface area (Å²) in [7, 11) is 1.91. The maximum Gasteiger partial charge on any atom is 0.130 e. The van der Waals surface area contributed by atoms with E-state index >= 15 is 0 Å². The number of hydrogen-bond donors (Lipinski definition) is 0. The predicted octanol–water partition coefficient (Wildman–Crippen LogP) is 2.76. The molecule has 0 amide bonds. The van der Waals surface area contributed by atoms with Gasteiger partial charge in [0.2, 0.25) is 0 Å². The fourth-order valence-electron chi connectivity index (χ4n) is 3.04. The number of nitrogens with zero attached hydrogens (tertiary/aromatic N) is 3. The van der Waals surface area contributed by atoms with Crippen LogP contribution in [0.25, 0.3) is 0 Å². The first-order chi connectivity index (χ1) is 10.1. The van der Waals surface area contributed by atoms with Crippen molar-refractivity contribution in [3.63, 3.8) is 0 Å². The molecule has 0 aliphatic carbocycles. The zero-order chi connectivity index (χ0) is 14.8. The Labute approximate surface area is 123 Å². The minimum absolute atomic E-state index is 0.180. The van der Waals surface area contributed by atoms with Crippen molar-refractivity contribution in [1.82, 2.24) is 14.7 Å². The lowest BCUT2D eigenvalue weighted by Crippen LogP contribution is -2.22. The molecule has 3 nitrogen and oxygen atoms in total. The molecule has 1 atom stereocenters. The molecule has 0 bridgehead atoms. The lowest BCUT2D eigenvalue weighted by atomic mass is 10.0. The Morgan fingerprint density at radius 3 is 2.71 bits per heavy atom. The van der Waals surface area contributed by atoms with E-state index in [1.807, 2.05) is 19.4 Å². The molecule has 1 aromatic heterocycles. The fraction of sp³-hybridized carbons (Fsp3) is 0.438. The van der Waals surface area contributed by atoms with E-state index in [9.17, 15) is 8.78 Å². The van der Waals surface area contributed by atoms with Gasteiger partial charge in [0, 0.05) is 31.9 Å². The maximum atomic E-state index is 13.7. The van der Waals surface area contributed by atoms with Crippen molar-refractivity contribution in [2.75, 3.05) is 13.1 Å². The van der Waals surface area contributed by atoms with Crippen molar-refractivity contribution in [3.05, 3.63) is 53.4 Å². The Balaban J connectivity index is 1.60. The van der Waals surface area contributed by atoms with Gasteiger partial charge in [-0.05, 0) is 43.0 Å². The molecule has 0 N–H and O–H groups in total. The molecule has 0 saturated carbocycles. The predicted molar refractivity (Wildman–Crippen MR) is 76.7 cm³/mol. The standard InChI is InChI=1S/C16H19F2N3/c1-20-9-13(8-19-20)7-12-5-6-21(10-12)11-14-15(17)3-2-4-16(14)18/h2-4,8-9,12H,5-7,10-11H2,1H3/t12-/m0/s1. The number of hydrogen-bond acceptors (Lipinski definition) is 2. The van der Waals surface area contributed by atoms with Gasteiger partial charge in [-0.15, -0.1) is 0 Å². The summed E-state index contributed by atoms with van der Waals surface area (Å²) in [5.41, 5.74) is 1.40. The Morgan fingerprint density at radius 1 is 1.29 bits per heavy atom. The van der Waals surface area contributed by atoms with Crippen molar-refractivity contribution in [1.29, 1.82) is 0 Å². The van der Waals surface area contributed by atoms with Gasteiger partial charge in [0.05, 0.1) is 6.20 Å². The number of benzene rings is 1. The first kappa shape index (κ1) is 14.2. The highest BCUT2D eigenvalue weighted by Gasteiger charge is 2.24. The molecule has 1 aliphatic heterocycles. The smallest absolute Gasteiger partial charge is 0.130 e. The molecule has 112 valence electrons. The molecule has 1 fully saturated rings. The zero-order valence-electron chi connectivity index (χ0n) is 12.1. The van der Waals surface area contributed by atoms with E-state index < -0.39 is 11.6 Å². The second kappa shape index (κ2) is 5.93. The Hall–Kier alpha value is -1.75. The summed E-state index contributed by atoms with van der Waals surface area (Å²) in [4.78, 5) is 2.13. The molecule has 0 spiro atoms. The lowest BCUT2D eigenvalue weighted by molar-refractivity contribution is 0.305. The number of rotatable bonds is 4. The van der Waals surface area contributed by atoms with Gasteiger partial charge < -0.3 is 0 Å². The number of likely N-dealkylation sites (tertiary alicyclic amines) is 1. The quantitative estimate of drug-likeness (QED) is 0.863. The summed E-state index contributed by atoms with van der Waals surface area (Å²) in [6, 6.07) is 4.05. The van der Waals surface area contributed by atoms with Crippen LogP contribution in [0.15, 0.2) is 30.6 Å². The molecule has 0 radical (unpaired) electrons. The van der Waals surface area contributed by atoms with Crippen LogP contribution in [0.1, 0.15) is 17.5 Å². The molecule has 21 heavy (non-hydrogen) atoms. The second-order valence-corrected chi connectivity index (χ2v) is 5.82. The Morgan fingerprint density at radius 2 is 2.05 bits per heavy atom. The van der Waals surface area contributed by atoms with E-state index in [1.165, 1.54) is 23.8 Å². The molecule has 3 rings (SSSR count). The van der Waals surface area contributed by atoms with Crippen LogP contribution >= 0.6 is 0 Å². The fourth-order valence-corrected chi connectivity index (χ4v) is 3.04. The summed E-state index contributed by atoms with van der Waals surface area (Å²) in [6.07, 6.45) is 5.95. The highest BCUT2D eigenvalue weighted by atomic mass is 19.1. The van der Waals surface area contributed by atoms with E-state index in [-0.39, 0.29) is 5.56 Å². The van der Waals surface area contributed by atoms with Gasteiger partial charge in [-0.25, -0.2) is 8.78 Å². The minimum atomic E-state index is -0.453. The topological polar surface area (TPSA) is 21.1 Å². The molecule has 2 heterocycles. The van der Waals surface area contributed by atoms with Crippen molar-refractivity contribution in [2.24, 2.45) is 13.0 Å². The van der Waals surface area contributed by atoms with Crippen LogP contribution in [0, 0.1) is 17.6 Å². The molecule has 2 aromatic rings. The Kier molecular flexibility index (Phi) is 4.01. The summed E-state index contributed by atoms with van der Waals surface area (Å²) >= 11 is 0. The average molecular weight is 291 g/mol. The SMILES string of the molecule is Cn1cc(C[C@@H]2CCN(Cc3c(F)cccc3F)C2)cn1. The number of halogens is 2. The first-order valence-corrected chi connectivity index (χ1v) is 7.24. The average Bonchev–Trinajstić information content (AvgIpc) is 3.04. The van der Waals surface area contributed by atoms with Gasteiger partial charge in [-0.2, -0.15) is 5.10 Å². The number of aryl methyl sites for hydroxylation is 1. The first-order valence-electron chi connectivity index (χ1n) is 7.24. The van der Waals surface area contributed by atoms with Gasteiger partial charge in [0.1, 0.15) is 11.6 Å². The third-order valence-electron chi connectivity index (χ3n) is 4.10. The lowest BCUT2D eigenvalue weighted by Gasteiger charge is -2.16. The Bertz CT molecular complexity index is 603. The normalized spacial score (nSPS) is 19.3. The third kappa shape index (κ3) is 3.29. The van der Waals surface area contributed by atoms with Crippen LogP contribution in [0.5, 0.6) is 0 Å². The highest BCUT2D eigenvalue weighted by Crippen LogP contribution is 2.24. The van der Waals surface area contributed by atoms with Gasteiger partial charge in [-0.1, -0.05) is 6.07 Å². The van der Waals surface area contributed by atoms with E-state index in [1.54, 1.807) is 4.68 Å². The van der Waals surface area contributed by atoms with Gasteiger partial charge in [-0.3, -0.25) is 9.58 Å². The summed E-state index contributed by atoms with van der Waals surface area (Å²) in [5.74, 6) is -0.375. The van der Waals surface area contributed by atoms with Crippen LogP contribution in [-0.2, 0) is 20.0 Å².